The molecule has 2 aromatic heterocycles. The zero-order valence-electron chi connectivity index (χ0n) is 18.6. The minimum atomic E-state index is -2.99. The number of hydrogen-bond donors (Lipinski definition) is 2. The Morgan fingerprint density at radius 2 is 1.85 bits per heavy atom. The Labute approximate surface area is 191 Å². The number of halogens is 1. The van der Waals surface area contributed by atoms with Crippen LogP contribution in [0.1, 0.15) is 31.2 Å². The van der Waals surface area contributed by atoms with Crippen molar-refractivity contribution >= 4 is 38.5 Å². The van der Waals surface area contributed by atoms with Crippen LogP contribution in [0.15, 0.2) is 35.0 Å². The van der Waals surface area contributed by atoms with Gasteiger partial charge in [-0.3, -0.25) is 0 Å². The summed E-state index contributed by atoms with van der Waals surface area (Å²) in [6, 6.07) is 3.45. The van der Waals surface area contributed by atoms with Gasteiger partial charge < -0.3 is 20.0 Å². The summed E-state index contributed by atoms with van der Waals surface area (Å²) in [5.41, 5.74) is 1.73. The third kappa shape index (κ3) is 5.08. The van der Waals surface area contributed by atoms with E-state index >= 15 is 0 Å². The van der Waals surface area contributed by atoms with E-state index in [-0.39, 0.29) is 23.2 Å². The largest absolute Gasteiger partial charge is 0.459 e. The van der Waals surface area contributed by atoms with Gasteiger partial charge in [0.25, 0.3) is 0 Å². The summed E-state index contributed by atoms with van der Waals surface area (Å²) in [4.78, 5) is 23.0. The molecule has 1 aliphatic heterocycles. The fraction of sp³-hybridized carbons (Fsp3) is 0.409. The molecule has 0 unspecified atom stereocenters. The second kappa shape index (κ2) is 8.97. The van der Waals surface area contributed by atoms with E-state index in [9.17, 15) is 17.6 Å². The number of rotatable bonds is 5. The lowest BCUT2D eigenvalue weighted by Gasteiger charge is -2.26. The highest BCUT2D eigenvalue weighted by atomic mass is 32.2. The van der Waals surface area contributed by atoms with Crippen LogP contribution in [0.4, 0.5) is 20.8 Å². The van der Waals surface area contributed by atoms with Crippen molar-refractivity contribution < 1.29 is 22.0 Å². The lowest BCUT2D eigenvalue weighted by molar-refractivity contribution is 0.241. The highest BCUT2D eigenvalue weighted by Gasteiger charge is 2.26. The van der Waals surface area contributed by atoms with Gasteiger partial charge in [0.1, 0.15) is 17.2 Å². The van der Waals surface area contributed by atoms with Crippen LogP contribution >= 0.6 is 0 Å². The second-order valence-electron chi connectivity index (χ2n) is 8.46. The van der Waals surface area contributed by atoms with Crippen molar-refractivity contribution in [3.63, 3.8) is 0 Å². The molecular formula is C22H26FN5O4S. The number of sulfone groups is 1. The Kier molecular flexibility index (Phi) is 6.24. The van der Waals surface area contributed by atoms with Gasteiger partial charge in [0, 0.05) is 24.0 Å². The van der Waals surface area contributed by atoms with E-state index in [0.29, 0.717) is 41.5 Å². The van der Waals surface area contributed by atoms with Crippen molar-refractivity contribution in [3.8, 4) is 0 Å². The summed E-state index contributed by atoms with van der Waals surface area (Å²) < 4.78 is 42.8. The van der Waals surface area contributed by atoms with Crippen molar-refractivity contribution in [1.82, 2.24) is 15.3 Å². The predicted molar refractivity (Wildman–Crippen MR) is 124 cm³/mol. The molecule has 1 saturated heterocycles. The van der Waals surface area contributed by atoms with Crippen LogP contribution in [-0.4, -0.2) is 49.0 Å². The molecule has 11 heteroatoms. The Morgan fingerprint density at radius 3 is 2.48 bits per heavy atom. The number of urea groups is 1. The molecule has 1 fully saturated rings. The number of carbonyl (C=O) groups is 1. The molecule has 0 saturated carbocycles. The number of amides is 2. The maximum atomic E-state index is 13.7. The minimum absolute atomic E-state index is 0.00821. The molecule has 9 nitrogen and oxygen atoms in total. The van der Waals surface area contributed by atoms with Crippen LogP contribution in [0.2, 0.25) is 0 Å². The fourth-order valence-corrected chi connectivity index (χ4v) is 5.01. The minimum Gasteiger partial charge on any atom is -0.459 e. The van der Waals surface area contributed by atoms with Gasteiger partial charge in [0.05, 0.1) is 35.6 Å². The van der Waals surface area contributed by atoms with E-state index in [1.54, 1.807) is 11.0 Å². The molecule has 3 aromatic rings. The lowest BCUT2D eigenvalue weighted by atomic mass is 9.98. The van der Waals surface area contributed by atoms with Crippen molar-refractivity contribution in [2.45, 2.75) is 26.8 Å². The highest BCUT2D eigenvalue weighted by molar-refractivity contribution is 7.91. The number of benzene rings is 1. The van der Waals surface area contributed by atoms with Crippen molar-refractivity contribution in [2.75, 3.05) is 34.8 Å². The molecular weight excluding hydrogens is 449 g/mol. The van der Waals surface area contributed by atoms with Gasteiger partial charge in [0.15, 0.2) is 9.84 Å². The maximum Gasteiger partial charge on any atom is 0.319 e. The van der Waals surface area contributed by atoms with Gasteiger partial charge in [-0.15, -0.1) is 0 Å². The van der Waals surface area contributed by atoms with Crippen LogP contribution in [0.5, 0.6) is 0 Å². The van der Waals surface area contributed by atoms with Crippen molar-refractivity contribution in [2.24, 2.45) is 5.92 Å². The van der Waals surface area contributed by atoms with Gasteiger partial charge in [-0.05, 0) is 31.0 Å². The molecule has 1 atom stereocenters. The first-order valence-electron chi connectivity index (χ1n) is 10.7. The first kappa shape index (κ1) is 23.0. The van der Waals surface area contributed by atoms with Gasteiger partial charge in [-0.25, -0.2) is 27.6 Å². The van der Waals surface area contributed by atoms with E-state index in [2.05, 4.69) is 20.6 Å². The summed E-state index contributed by atoms with van der Waals surface area (Å²) in [6.45, 7) is 6.43. The highest BCUT2D eigenvalue weighted by Crippen LogP contribution is 2.33. The Bertz CT molecular complexity index is 1260. The monoisotopic (exact) mass is 475 g/mol. The predicted octanol–water partition coefficient (Wildman–Crippen LogP) is 3.42. The third-order valence-corrected chi connectivity index (χ3v) is 7.30. The number of fused-ring (bicyclic) bond motifs is 1. The molecule has 1 aliphatic rings. The smallest absolute Gasteiger partial charge is 0.319 e. The SMILES string of the molecule is Cc1c([C@H](NC(=O)Nc2cnc(N3CCS(=O)(=O)CC3)nc2)C(C)C)oc2ccc(F)cc12. The topological polar surface area (TPSA) is 117 Å². The Balaban J connectivity index is 1.44. The molecule has 4 rings (SSSR count). The molecule has 33 heavy (non-hydrogen) atoms. The molecule has 1 aromatic carbocycles. The Hall–Kier alpha value is -3.21. The van der Waals surface area contributed by atoms with E-state index in [1.165, 1.54) is 24.5 Å². The number of aromatic nitrogens is 2. The van der Waals surface area contributed by atoms with Crippen LogP contribution in [0.3, 0.4) is 0 Å². The number of aryl methyl sites for hydroxylation is 1. The summed E-state index contributed by atoms with van der Waals surface area (Å²) in [5, 5.41) is 6.30. The van der Waals surface area contributed by atoms with Crippen molar-refractivity contribution in [1.29, 1.82) is 0 Å². The van der Waals surface area contributed by atoms with Gasteiger partial charge in [-0.2, -0.15) is 0 Å². The fourth-order valence-electron chi connectivity index (χ4n) is 3.81. The van der Waals surface area contributed by atoms with E-state index in [4.69, 9.17) is 4.42 Å². The van der Waals surface area contributed by atoms with Crippen molar-refractivity contribution in [3.05, 3.63) is 47.7 Å². The molecule has 0 radical (unpaired) electrons. The van der Waals surface area contributed by atoms with Crippen LogP contribution in [0, 0.1) is 18.7 Å². The number of hydrogen-bond acceptors (Lipinski definition) is 7. The molecule has 2 amide bonds. The summed E-state index contributed by atoms with van der Waals surface area (Å²) in [7, 11) is -2.99. The second-order valence-corrected chi connectivity index (χ2v) is 10.8. The van der Waals surface area contributed by atoms with Crippen LogP contribution < -0.4 is 15.5 Å². The summed E-state index contributed by atoms with van der Waals surface area (Å²) in [5.74, 6) is 0.800. The Morgan fingerprint density at radius 1 is 1.18 bits per heavy atom. The van der Waals surface area contributed by atoms with E-state index in [1.807, 2.05) is 20.8 Å². The van der Waals surface area contributed by atoms with Gasteiger partial charge in [0.2, 0.25) is 5.95 Å². The zero-order chi connectivity index (χ0) is 23.8. The number of nitrogens with zero attached hydrogens (tertiary/aromatic N) is 3. The number of carbonyl (C=O) groups excluding carboxylic acids is 1. The molecule has 0 bridgehead atoms. The molecule has 2 N–H and O–H groups in total. The first-order chi connectivity index (χ1) is 15.6. The first-order valence-corrected chi connectivity index (χ1v) is 12.5. The van der Waals surface area contributed by atoms with Gasteiger partial charge in [-0.1, -0.05) is 13.8 Å². The van der Waals surface area contributed by atoms with Crippen LogP contribution in [-0.2, 0) is 9.84 Å². The lowest BCUT2D eigenvalue weighted by Crippen LogP contribution is -2.41. The number of nitrogens with one attached hydrogen (secondary N) is 2. The third-order valence-electron chi connectivity index (χ3n) is 5.69. The van der Waals surface area contributed by atoms with Crippen LogP contribution in [0.25, 0.3) is 11.0 Å². The molecule has 3 heterocycles. The molecule has 176 valence electrons. The standard InChI is InChI=1S/C22H26FN5O4S/c1-13(2)19(20-14(3)17-10-15(23)4-5-18(17)32-20)27-22(29)26-16-11-24-21(25-12-16)28-6-8-33(30,31)9-7-28/h4-5,10-13,19H,6-9H2,1-3H3,(H2,26,27,29)/t19-/m1/s1. The van der Waals surface area contributed by atoms with E-state index in [0.717, 1.165) is 5.56 Å². The number of anilines is 2. The maximum absolute atomic E-state index is 13.7. The van der Waals surface area contributed by atoms with Gasteiger partial charge >= 0.3 is 6.03 Å². The summed E-state index contributed by atoms with van der Waals surface area (Å²) >= 11 is 0. The zero-order valence-corrected chi connectivity index (χ0v) is 19.4. The average molecular weight is 476 g/mol. The summed E-state index contributed by atoms with van der Waals surface area (Å²) in [6.07, 6.45) is 2.95. The average Bonchev–Trinajstić information content (AvgIpc) is 3.08. The molecule has 0 spiro atoms. The normalized spacial score (nSPS) is 16.7. The number of furan rings is 1. The molecule has 0 aliphatic carbocycles. The quantitative estimate of drug-likeness (QED) is 0.581. The van der Waals surface area contributed by atoms with E-state index < -0.39 is 21.9 Å².